The molecule has 2 aromatic carbocycles. The van der Waals surface area contributed by atoms with Gasteiger partial charge in [0.2, 0.25) is 0 Å². The van der Waals surface area contributed by atoms with Crippen LogP contribution in [0.15, 0.2) is 58.3 Å². The van der Waals surface area contributed by atoms with E-state index in [1.807, 2.05) is 0 Å². The number of halogens is 5. The Balaban J connectivity index is 1.56. The van der Waals surface area contributed by atoms with Crippen molar-refractivity contribution in [2.24, 2.45) is 0 Å². The van der Waals surface area contributed by atoms with E-state index in [4.69, 9.17) is 60.6 Å². The number of aromatic nitrogens is 2. The van der Waals surface area contributed by atoms with Gasteiger partial charge in [-0.2, -0.15) is 0 Å². The molecule has 0 aliphatic carbocycles. The summed E-state index contributed by atoms with van der Waals surface area (Å²) < 4.78 is 34.9. The first-order chi connectivity index (χ1) is 17.1. The van der Waals surface area contributed by atoms with E-state index in [-0.39, 0.29) is 19.8 Å². The minimum Gasteiger partial charge on any atom is -0.374 e. The molecule has 4 rings (SSSR count). The van der Waals surface area contributed by atoms with Crippen molar-refractivity contribution in [3.63, 3.8) is 0 Å². The van der Waals surface area contributed by atoms with Crippen molar-refractivity contribution in [2.75, 3.05) is 6.61 Å². The molecule has 3 aromatic rings. The lowest BCUT2D eigenvalue weighted by Crippen LogP contribution is -2.45. The third-order valence-corrected chi connectivity index (χ3v) is 6.95. The monoisotopic (exact) mass is 576 g/mol. The quantitative estimate of drug-likeness (QED) is 0.378. The fourth-order valence-corrected chi connectivity index (χ4v) is 4.89. The Bertz CT molecular complexity index is 1360. The predicted molar refractivity (Wildman–Crippen MR) is 136 cm³/mol. The van der Waals surface area contributed by atoms with E-state index in [2.05, 4.69) is 4.98 Å². The van der Waals surface area contributed by atoms with E-state index in [1.54, 1.807) is 36.4 Å². The average molecular weight is 578 g/mol. The molecule has 0 unspecified atom stereocenters. The molecular weight excluding hydrogens is 557 g/mol. The summed E-state index contributed by atoms with van der Waals surface area (Å²) in [5, 5.41) is 1.72. The fourth-order valence-electron chi connectivity index (χ4n) is 3.96. The highest BCUT2D eigenvalue weighted by Gasteiger charge is 2.56. The molecule has 0 saturated carbocycles. The Labute approximate surface area is 225 Å². The Morgan fingerprint density at radius 2 is 1.61 bits per heavy atom. The van der Waals surface area contributed by atoms with Crippen LogP contribution >= 0.6 is 46.4 Å². The summed E-state index contributed by atoms with van der Waals surface area (Å²) in [7, 11) is 0. The van der Waals surface area contributed by atoms with E-state index >= 15 is 4.39 Å². The van der Waals surface area contributed by atoms with Gasteiger partial charge in [0.25, 0.3) is 5.56 Å². The number of alkyl halides is 1. The van der Waals surface area contributed by atoms with Gasteiger partial charge in [0.15, 0.2) is 11.9 Å². The maximum Gasteiger partial charge on any atom is 0.330 e. The molecule has 192 valence electrons. The first-order valence-corrected chi connectivity index (χ1v) is 12.3. The van der Waals surface area contributed by atoms with Gasteiger partial charge in [0, 0.05) is 32.4 Å². The molecule has 1 N–H and O–H groups in total. The van der Waals surface area contributed by atoms with Gasteiger partial charge in [-0.1, -0.05) is 58.5 Å². The second-order valence-corrected chi connectivity index (χ2v) is 10.1. The lowest BCUT2D eigenvalue weighted by Gasteiger charge is -2.28. The Kier molecular flexibility index (Phi) is 8.46. The van der Waals surface area contributed by atoms with Crippen molar-refractivity contribution < 1.29 is 18.6 Å². The number of H-pyrrole nitrogens is 1. The number of hydrogen-bond donors (Lipinski definition) is 1. The van der Waals surface area contributed by atoms with Crippen LogP contribution in [0.25, 0.3) is 0 Å². The third kappa shape index (κ3) is 5.97. The number of benzene rings is 2. The van der Waals surface area contributed by atoms with Crippen LogP contribution in [-0.4, -0.2) is 34.0 Å². The van der Waals surface area contributed by atoms with E-state index in [0.717, 1.165) is 10.6 Å². The lowest BCUT2D eigenvalue weighted by molar-refractivity contribution is -0.0836. The van der Waals surface area contributed by atoms with Gasteiger partial charge in [0.1, 0.15) is 12.2 Å². The van der Waals surface area contributed by atoms with E-state index in [9.17, 15) is 9.59 Å². The number of rotatable bonds is 8. The van der Waals surface area contributed by atoms with Crippen molar-refractivity contribution >= 4 is 46.4 Å². The van der Waals surface area contributed by atoms with Gasteiger partial charge >= 0.3 is 5.69 Å². The van der Waals surface area contributed by atoms with Gasteiger partial charge < -0.3 is 14.2 Å². The number of ether oxygens (including phenoxy) is 3. The molecule has 7 nitrogen and oxygen atoms in total. The standard InChI is InChI=1S/C24H21Cl4FN2O5/c1-24(29)21(35-11-14-3-5-16(26)9-18(14)28)19(12-34-10-13-2-4-15(25)8-17(13)27)36-22(24)31-7-6-20(32)30-23(31)33/h2-9,19,21-22H,10-12H2,1H3,(H,30,32,33)/t19-,21-,22-,24+/m1/s1. The molecule has 1 aromatic heterocycles. The van der Waals surface area contributed by atoms with Crippen molar-refractivity contribution in [3.8, 4) is 0 Å². The van der Waals surface area contributed by atoms with Crippen LogP contribution in [0.1, 0.15) is 24.3 Å². The van der Waals surface area contributed by atoms with Gasteiger partial charge in [-0.25, -0.2) is 9.18 Å². The van der Waals surface area contributed by atoms with Gasteiger partial charge in [-0.05, 0) is 42.3 Å². The van der Waals surface area contributed by atoms with Gasteiger partial charge in [-0.3, -0.25) is 14.3 Å². The first-order valence-electron chi connectivity index (χ1n) is 10.8. The molecular formula is C24H21Cl4FN2O5. The SMILES string of the molecule is C[C@]1(F)[C@H](OCc2ccc(Cl)cc2Cl)[C@@H](COCc2ccc(Cl)cc2Cl)O[C@H]1n1ccc(=O)[nH]c1=O. The molecule has 0 radical (unpaired) electrons. The topological polar surface area (TPSA) is 82.6 Å². The van der Waals surface area contributed by atoms with Gasteiger partial charge in [0.05, 0.1) is 19.8 Å². The molecule has 1 aliphatic heterocycles. The Morgan fingerprint density at radius 3 is 2.19 bits per heavy atom. The van der Waals surface area contributed by atoms with Crippen LogP contribution in [-0.2, 0) is 27.4 Å². The maximum absolute atomic E-state index is 16.2. The summed E-state index contributed by atoms with van der Waals surface area (Å²) in [5.41, 5.74) is -2.34. The van der Waals surface area contributed by atoms with Crippen LogP contribution in [0, 0.1) is 0 Å². The Hall–Kier alpha value is -1.91. The Morgan fingerprint density at radius 1 is 1.00 bits per heavy atom. The molecule has 12 heteroatoms. The molecule has 2 heterocycles. The summed E-state index contributed by atoms with van der Waals surface area (Å²) in [6, 6.07) is 11.0. The van der Waals surface area contributed by atoms with E-state index in [1.165, 1.54) is 13.1 Å². The molecule has 0 amide bonds. The van der Waals surface area contributed by atoms with Crippen LogP contribution in [0.4, 0.5) is 4.39 Å². The largest absolute Gasteiger partial charge is 0.374 e. The first kappa shape index (κ1) is 27.1. The fraction of sp³-hybridized carbons (Fsp3) is 0.333. The number of nitrogens with one attached hydrogen (secondary N) is 1. The maximum atomic E-state index is 16.2. The molecule has 36 heavy (non-hydrogen) atoms. The van der Waals surface area contributed by atoms with Crippen molar-refractivity contribution in [3.05, 3.63) is 101 Å². The highest BCUT2D eigenvalue weighted by Crippen LogP contribution is 2.43. The van der Waals surface area contributed by atoms with Crippen molar-refractivity contribution in [1.82, 2.24) is 9.55 Å². The van der Waals surface area contributed by atoms with Crippen LogP contribution < -0.4 is 11.2 Å². The zero-order valence-corrected chi connectivity index (χ0v) is 21.9. The van der Waals surface area contributed by atoms with Crippen LogP contribution in [0.3, 0.4) is 0 Å². The summed E-state index contributed by atoms with van der Waals surface area (Å²) in [6.07, 6.45) is -2.29. The molecule has 4 atom stereocenters. The number of aromatic amines is 1. The lowest BCUT2D eigenvalue weighted by atomic mass is 9.98. The summed E-state index contributed by atoms with van der Waals surface area (Å²) >= 11 is 24.3. The zero-order valence-electron chi connectivity index (χ0n) is 18.9. The summed E-state index contributed by atoms with van der Waals surface area (Å²) in [5.74, 6) is 0. The molecule has 1 fully saturated rings. The van der Waals surface area contributed by atoms with Gasteiger partial charge in [-0.15, -0.1) is 0 Å². The number of nitrogens with zero attached hydrogens (tertiary/aromatic N) is 1. The van der Waals surface area contributed by atoms with E-state index in [0.29, 0.717) is 31.2 Å². The zero-order chi connectivity index (χ0) is 26.0. The predicted octanol–water partition coefficient (Wildman–Crippen LogP) is 5.58. The van der Waals surface area contributed by atoms with Crippen LogP contribution in [0.2, 0.25) is 20.1 Å². The molecule has 0 spiro atoms. The third-order valence-electron chi connectivity index (χ3n) is 5.77. The second-order valence-electron chi connectivity index (χ2n) is 8.41. The minimum atomic E-state index is -2.19. The summed E-state index contributed by atoms with van der Waals surface area (Å²) in [6.45, 7) is 1.25. The number of hydrogen-bond acceptors (Lipinski definition) is 5. The smallest absolute Gasteiger partial charge is 0.330 e. The summed E-state index contributed by atoms with van der Waals surface area (Å²) in [4.78, 5) is 26.0. The molecule has 1 aliphatic rings. The van der Waals surface area contributed by atoms with Crippen LogP contribution in [0.5, 0.6) is 0 Å². The van der Waals surface area contributed by atoms with Crippen molar-refractivity contribution in [1.29, 1.82) is 0 Å². The minimum absolute atomic E-state index is 0.0453. The highest BCUT2D eigenvalue weighted by molar-refractivity contribution is 6.35. The van der Waals surface area contributed by atoms with Crippen molar-refractivity contribution in [2.45, 2.75) is 44.2 Å². The van der Waals surface area contributed by atoms with E-state index < -0.39 is 35.4 Å². The highest BCUT2D eigenvalue weighted by atomic mass is 35.5. The normalized spacial score (nSPS) is 23.8. The second kappa shape index (κ2) is 11.2. The molecule has 0 bridgehead atoms. The average Bonchev–Trinajstić information content (AvgIpc) is 3.04. The molecule has 1 saturated heterocycles.